The smallest absolute Gasteiger partial charge is 0.306 e. The molecule has 0 bridgehead atoms. The maximum atomic E-state index is 13.0. The van der Waals surface area contributed by atoms with E-state index in [0.29, 0.717) is 19.3 Å². The van der Waals surface area contributed by atoms with Crippen LogP contribution in [0.3, 0.4) is 0 Å². The van der Waals surface area contributed by atoms with Crippen LogP contribution in [0.5, 0.6) is 0 Å². The van der Waals surface area contributed by atoms with Gasteiger partial charge in [0, 0.05) is 6.42 Å². The molecule has 0 fully saturated rings. The molecule has 6 heteroatoms. The summed E-state index contributed by atoms with van der Waals surface area (Å²) in [5.74, 6) is -0.463. The maximum Gasteiger partial charge on any atom is 0.306 e. The fraction of sp³-hybridized carbons (Fsp3) is 0.953. The van der Waals surface area contributed by atoms with E-state index in [-0.39, 0.29) is 24.9 Å². The lowest BCUT2D eigenvalue weighted by Gasteiger charge is -2.24. The Balaban J connectivity index is 4.55. The Morgan fingerprint density at radius 3 is 1.24 bits per heavy atom. The highest BCUT2D eigenvalue weighted by atomic mass is 16.5. The minimum atomic E-state index is -0.775. The van der Waals surface area contributed by atoms with E-state index < -0.39 is 18.2 Å². The van der Waals surface area contributed by atoms with Gasteiger partial charge in [0.25, 0.3) is 0 Å². The van der Waals surface area contributed by atoms with Crippen molar-refractivity contribution in [2.75, 3.05) is 6.61 Å². The standard InChI is InChI=1S/C43H85NO5/c1-4-7-10-13-16-19-21-24-27-30-33-36-43(48)49-39(34-31-28-25-23-20-17-14-11-8-5-2)37-42(47)44-40(38-45)41(46)35-32-29-26-22-18-15-12-9-6-3/h39-41,45-46H,4-38H2,1-3H3,(H,44,47). The molecular formula is C43H85NO5. The summed E-state index contributed by atoms with van der Waals surface area (Å²) in [5.41, 5.74) is 0. The molecule has 3 unspecified atom stereocenters. The lowest BCUT2D eigenvalue weighted by Crippen LogP contribution is -2.46. The van der Waals surface area contributed by atoms with Crippen molar-refractivity contribution in [2.24, 2.45) is 0 Å². The van der Waals surface area contributed by atoms with Crippen molar-refractivity contribution in [1.29, 1.82) is 0 Å². The summed E-state index contributed by atoms with van der Waals surface area (Å²) in [7, 11) is 0. The highest BCUT2D eigenvalue weighted by Gasteiger charge is 2.24. The van der Waals surface area contributed by atoms with Crippen LogP contribution in [0.25, 0.3) is 0 Å². The first kappa shape index (κ1) is 47.9. The van der Waals surface area contributed by atoms with Gasteiger partial charge in [0.15, 0.2) is 0 Å². The molecule has 49 heavy (non-hydrogen) atoms. The molecular weight excluding hydrogens is 610 g/mol. The Bertz CT molecular complexity index is 702. The summed E-state index contributed by atoms with van der Waals surface area (Å²) in [6.45, 7) is 6.44. The second kappa shape index (κ2) is 38.1. The van der Waals surface area contributed by atoms with Crippen LogP contribution >= 0.6 is 0 Å². The number of aliphatic hydroxyl groups is 2. The highest BCUT2D eigenvalue weighted by molar-refractivity contribution is 5.77. The summed E-state index contributed by atoms with van der Waals surface area (Å²) >= 11 is 0. The van der Waals surface area contributed by atoms with E-state index in [0.717, 1.165) is 44.9 Å². The van der Waals surface area contributed by atoms with Crippen molar-refractivity contribution >= 4 is 11.9 Å². The van der Waals surface area contributed by atoms with Crippen LogP contribution in [0.15, 0.2) is 0 Å². The molecule has 0 aromatic rings. The molecule has 0 saturated carbocycles. The fourth-order valence-electron chi connectivity index (χ4n) is 6.84. The number of esters is 1. The zero-order chi connectivity index (χ0) is 36.0. The maximum absolute atomic E-state index is 13.0. The first-order valence-corrected chi connectivity index (χ1v) is 21.8. The summed E-state index contributed by atoms with van der Waals surface area (Å²) in [6.07, 6.45) is 37.3. The third-order valence-electron chi connectivity index (χ3n) is 10.2. The van der Waals surface area contributed by atoms with Crippen LogP contribution in [0, 0.1) is 0 Å². The first-order valence-electron chi connectivity index (χ1n) is 21.8. The molecule has 0 heterocycles. The van der Waals surface area contributed by atoms with Gasteiger partial charge in [-0.3, -0.25) is 9.59 Å². The summed E-state index contributed by atoms with van der Waals surface area (Å²) in [4.78, 5) is 25.8. The molecule has 0 aromatic carbocycles. The van der Waals surface area contributed by atoms with E-state index in [1.807, 2.05) is 0 Å². The number of aliphatic hydroxyl groups excluding tert-OH is 2. The van der Waals surface area contributed by atoms with E-state index >= 15 is 0 Å². The van der Waals surface area contributed by atoms with Gasteiger partial charge in [0.2, 0.25) is 5.91 Å². The molecule has 3 atom stereocenters. The predicted molar refractivity (Wildman–Crippen MR) is 209 cm³/mol. The monoisotopic (exact) mass is 696 g/mol. The lowest BCUT2D eigenvalue weighted by atomic mass is 10.0. The third-order valence-corrected chi connectivity index (χ3v) is 10.2. The SMILES string of the molecule is CCCCCCCCCCCCCC(=O)OC(CCCCCCCCCCCC)CC(=O)NC(CO)C(O)CCCCCCCCCCC. The number of hydrogen-bond acceptors (Lipinski definition) is 5. The zero-order valence-corrected chi connectivity index (χ0v) is 33.1. The quantitative estimate of drug-likeness (QED) is 0.0439. The Morgan fingerprint density at radius 1 is 0.510 bits per heavy atom. The van der Waals surface area contributed by atoms with Gasteiger partial charge < -0.3 is 20.3 Å². The molecule has 0 radical (unpaired) electrons. The topological polar surface area (TPSA) is 95.9 Å². The molecule has 6 nitrogen and oxygen atoms in total. The van der Waals surface area contributed by atoms with Crippen LogP contribution in [0.1, 0.15) is 239 Å². The Kier molecular flexibility index (Phi) is 37.2. The van der Waals surface area contributed by atoms with Gasteiger partial charge in [-0.15, -0.1) is 0 Å². The van der Waals surface area contributed by atoms with E-state index in [1.165, 1.54) is 148 Å². The number of ether oxygens (including phenoxy) is 1. The van der Waals surface area contributed by atoms with Crippen molar-refractivity contribution in [1.82, 2.24) is 5.32 Å². The van der Waals surface area contributed by atoms with Crippen molar-refractivity contribution in [3.05, 3.63) is 0 Å². The molecule has 0 saturated heterocycles. The Hall–Kier alpha value is -1.14. The molecule has 292 valence electrons. The van der Waals surface area contributed by atoms with Crippen LogP contribution in [0.2, 0.25) is 0 Å². The van der Waals surface area contributed by atoms with E-state index in [4.69, 9.17) is 4.74 Å². The average molecular weight is 696 g/mol. The molecule has 3 N–H and O–H groups in total. The molecule has 0 aliphatic rings. The first-order chi connectivity index (χ1) is 24.0. The van der Waals surface area contributed by atoms with E-state index in [1.54, 1.807) is 0 Å². The second-order valence-corrected chi connectivity index (χ2v) is 15.1. The number of nitrogens with one attached hydrogen (secondary N) is 1. The molecule has 0 rings (SSSR count). The fourth-order valence-corrected chi connectivity index (χ4v) is 6.84. The second-order valence-electron chi connectivity index (χ2n) is 15.1. The summed E-state index contributed by atoms with van der Waals surface area (Å²) in [5, 5.41) is 23.5. The van der Waals surface area contributed by atoms with Gasteiger partial charge in [-0.2, -0.15) is 0 Å². The van der Waals surface area contributed by atoms with Crippen LogP contribution < -0.4 is 5.32 Å². The number of carbonyl (C=O) groups excluding carboxylic acids is 2. The minimum Gasteiger partial charge on any atom is -0.462 e. The Labute approximate surface area is 305 Å². The minimum absolute atomic E-state index is 0.0860. The van der Waals surface area contributed by atoms with Gasteiger partial charge in [0.05, 0.1) is 25.2 Å². The lowest BCUT2D eigenvalue weighted by molar-refractivity contribution is -0.151. The van der Waals surface area contributed by atoms with Crippen molar-refractivity contribution < 1.29 is 24.5 Å². The highest BCUT2D eigenvalue weighted by Crippen LogP contribution is 2.18. The summed E-state index contributed by atoms with van der Waals surface area (Å²) in [6, 6.07) is -0.688. The number of hydrogen-bond donors (Lipinski definition) is 3. The van der Waals surface area contributed by atoms with E-state index in [2.05, 4.69) is 26.1 Å². The molecule has 1 amide bonds. The summed E-state index contributed by atoms with van der Waals surface area (Å²) < 4.78 is 5.88. The zero-order valence-electron chi connectivity index (χ0n) is 33.1. The predicted octanol–water partition coefficient (Wildman–Crippen LogP) is 12.1. The number of unbranched alkanes of at least 4 members (excludes halogenated alkanes) is 27. The number of carbonyl (C=O) groups is 2. The molecule has 0 aliphatic carbocycles. The largest absolute Gasteiger partial charge is 0.462 e. The van der Waals surface area contributed by atoms with Gasteiger partial charge in [-0.25, -0.2) is 0 Å². The van der Waals surface area contributed by atoms with Crippen LogP contribution in [-0.2, 0) is 14.3 Å². The molecule has 0 aliphatic heterocycles. The average Bonchev–Trinajstić information content (AvgIpc) is 3.09. The third kappa shape index (κ3) is 33.7. The van der Waals surface area contributed by atoms with Crippen LogP contribution in [0.4, 0.5) is 0 Å². The molecule has 0 aromatic heterocycles. The van der Waals surface area contributed by atoms with Crippen molar-refractivity contribution in [3.63, 3.8) is 0 Å². The van der Waals surface area contributed by atoms with Crippen molar-refractivity contribution in [3.8, 4) is 0 Å². The van der Waals surface area contributed by atoms with E-state index in [9.17, 15) is 19.8 Å². The van der Waals surface area contributed by atoms with Gasteiger partial charge in [-0.05, 0) is 25.7 Å². The normalized spacial score (nSPS) is 13.3. The number of amides is 1. The van der Waals surface area contributed by atoms with Gasteiger partial charge in [0.1, 0.15) is 6.10 Å². The number of rotatable bonds is 39. The van der Waals surface area contributed by atoms with Gasteiger partial charge >= 0.3 is 5.97 Å². The Morgan fingerprint density at radius 2 is 0.857 bits per heavy atom. The van der Waals surface area contributed by atoms with Crippen LogP contribution in [-0.4, -0.2) is 46.9 Å². The van der Waals surface area contributed by atoms with Crippen molar-refractivity contribution in [2.45, 2.75) is 257 Å². The molecule has 0 spiro atoms. The van der Waals surface area contributed by atoms with Gasteiger partial charge in [-0.1, -0.05) is 201 Å².